The second kappa shape index (κ2) is 8.05. The van der Waals surface area contributed by atoms with Gasteiger partial charge in [0.25, 0.3) is 8.32 Å². The molecule has 0 bridgehead atoms. The Kier molecular flexibility index (Phi) is 6.04. The van der Waals surface area contributed by atoms with E-state index in [4.69, 9.17) is 9.16 Å². The van der Waals surface area contributed by atoms with Crippen LogP contribution in [0.15, 0.2) is 60.7 Å². The lowest BCUT2D eigenvalue weighted by atomic mass is 9.97. The van der Waals surface area contributed by atoms with Crippen LogP contribution in [0.2, 0.25) is 5.04 Å². The van der Waals surface area contributed by atoms with E-state index >= 15 is 0 Å². The monoisotopic (exact) mass is 411 g/mol. The van der Waals surface area contributed by atoms with Crippen LogP contribution in [0.4, 0.5) is 0 Å². The SMILES string of the molecule is CN(C)[C@]1(C)C[C@@H](CO[Si](c2ccccc2)(c2ccccc2)C(C)(C)C)OC1=O. The molecule has 2 atom stereocenters. The van der Waals surface area contributed by atoms with Crippen LogP contribution in [-0.4, -0.2) is 51.5 Å². The molecule has 0 saturated carbocycles. The van der Waals surface area contributed by atoms with E-state index in [0.29, 0.717) is 13.0 Å². The van der Waals surface area contributed by atoms with Crippen LogP contribution in [0.5, 0.6) is 0 Å². The van der Waals surface area contributed by atoms with Crippen LogP contribution in [0, 0.1) is 0 Å². The first-order valence-electron chi connectivity index (χ1n) is 10.2. The van der Waals surface area contributed by atoms with Crippen molar-refractivity contribution >= 4 is 24.7 Å². The number of benzene rings is 2. The second-order valence-corrected chi connectivity index (χ2v) is 13.7. The summed E-state index contributed by atoms with van der Waals surface area (Å²) in [5, 5.41) is 2.38. The Morgan fingerprint density at radius 1 is 1.03 bits per heavy atom. The molecule has 0 radical (unpaired) electrons. The maximum Gasteiger partial charge on any atom is 0.326 e. The first kappa shape index (κ1) is 21.7. The average Bonchev–Trinajstić information content (AvgIpc) is 2.98. The summed E-state index contributed by atoms with van der Waals surface area (Å²) in [6.07, 6.45) is 0.397. The summed E-state index contributed by atoms with van der Waals surface area (Å²) in [4.78, 5) is 14.4. The van der Waals surface area contributed by atoms with Gasteiger partial charge in [-0.1, -0.05) is 81.4 Å². The Bertz CT molecular complexity index is 793. The molecule has 0 spiro atoms. The van der Waals surface area contributed by atoms with E-state index in [-0.39, 0.29) is 17.1 Å². The highest BCUT2D eigenvalue weighted by molar-refractivity contribution is 6.99. The number of hydrogen-bond donors (Lipinski definition) is 0. The van der Waals surface area contributed by atoms with Crippen molar-refractivity contribution in [3.63, 3.8) is 0 Å². The molecule has 1 aliphatic heterocycles. The molecular formula is C24H33NO3Si. The van der Waals surface area contributed by atoms with Crippen LogP contribution < -0.4 is 10.4 Å². The number of hydrogen-bond acceptors (Lipinski definition) is 4. The summed E-state index contributed by atoms with van der Waals surface area (Å²) in [6, 6.07) is 21.1. The van der Waals surface area contributed by atoms with E-state index in [1.165, 1.54) is 10.4 Å². The molecule has 3 rings (SSSR count). The Morgan fingerprint density at radius 2 is 1.52 bits per heavy atom. The Morgan fingerprint density at radius 3 is 1.90 bits per heavy atom. The summed E-state index contributed by atoms with van der Waals surface area (Å²) in [5.74, 6) is -0.168. The zero-order valence-corrected chi connectivity index (χ0v) is 19.4. The first-order chi connectivity index (χ1) is 13.6. The third-order valence-electron chi connectivity index (χ3n) is 6.23. The van der Waals surface area contributed by atoms with Gasteiger partial charge in [0.2, 0.25) is 0 Å². The molecule has 4 nitrogen and oxygen atoms in total. The van der Waals surface area contributed by atoms with Gasteiger partial charge in [0.1, 0.15) is 11.6 Å². The van der Waals surface area contributed by atoms with Crippen molar-refractivity contribution in [1.82, 2.24) is 4.90 Å². The van der Waals surface area contributed by atoms with Crippen molar-refractivity contribution in [2.45, 2.75) is 50.8 Å². The number of rotatable bonds is 6. The molecule has 156 valence electrons. The molecule has 0 amide bonds. The van der Waals surface area contributed by atoms with E-state index in [2.05, 4.69) is 69.3 Å². The normalized spacial score (nSPS) is 22.7. The predicted molar refractivity (Wildman–Crippen MR) is 120 cm³/mol. The number of esters is 1. The van der Waals surface area contributed by atoms with E-state index < -0.39 is 13.9 Å². The third-order valence-corrected chi connectivity index (χ3v) is 11.2. The molecule has 0 unspecified atom stereocenters. The minimum atomic E-state index is -2.62. The van der Waals surface area contributed by atoms with Crippen LogP contribution in [0.1, 0.15) is 34.1 Å². The van der Waals surface area contributed by atoms with Gasteiger partial charge >= 0.3 is 5.97 Å². The third kappa shape index (κ3) is 3.91. The smallest absolute Gasteiger partial charge is 0.326 e. The van der Waals surface area contributed by atoms with Crippen LogP contribution in [0.25, 0.3) is 0 Å². The molecule has 2 aromatic carbocycles. The number of cyclic esters (lactones) is 1. The summed E-state index contributed by atoms with van der Waals surface area (Å²) in [7, 11) is 1.23. The van der Waals surface area contributed by atoms with Crippen molar-refractivity contribution < 1.29 is 14.0 Å². The van der Waals surface area contributed by atoms with Crippen molar-refractivity contribution in [2.75, 3.05) is 20.7 Å². The van der Waals surface area contributed by atoms with Crippen LogP contribution >= 0.6 is 0 Å². The summed E-state index contributed by atoms with van der Waals surface area (Å²) >= 11 is 0. The summed E-state index contributed by atoms with van der Waals surface area (Å²) in [5.41, 5.74) is -0.598. The molecule has 1 fully saturated rings. The largest absolute Gasteiger partial charge is 0.459 e. The zero-order valence-electron chi connectivity index (χ0n) is 18.4. The average molecular weight is 412 g/mol. The molecule has 5 heteroatoms. The minimum absolute atomic E-state index is 0.0941. The van der Waals surface area contributed by atoms with E-state index in [1.807, 2.05) is 38.1 Å². The van der Waals surface area contributed by atoms with Gasteiger partial charge < -0.3 is 9.16 Å². The van der Waals surface area contributed by atoms with E-state index in [0.717, 1.165) is 0 Å². The maximum atomic E-state index is 12.5. The molecular weight excluding hydrogens is 378 g/mol. The van der Waals surface area contributed by atoms with Gasteiger partial charge in [-0.2, -0.15) is 0 Å². The topological polar surface area (TPSA) is 38.8 Å². The molecule has 1 saturated heterocycles. The first-order valence-corrected chi connectivity index (χ1v) is 12.2. The van der Waals surface area contributed by atoms with Gasteiger partial charge in [-0.15, -0.1) is 0 Å². The molecule has 0 N–H and O–H groups in total. The van der Waals surface area contributed by atoms with Crippen molar-refractivity contribution in [3.8, 4) is 0 Å². The number of carbonyl (C=O) groups excluding carboxylic acids is 1. The number of carbonyl (C=O) groups is 1. The highest BCUT2D eigenvalue weighted by Gasteiger charge is 2.52. The van der Waals surface area contributed by atoms with Gasteiger partial charge in [-0.25, -0.2) is 0 Å². The highest BCUT2D eigenvalue weighted by Crippen LogP contribution is 2.38. The van der Waals surface area contributed by atoms with Gasteiger partial charge in [-0.3, -0.25) is 9.69 Å². The lowest BCUT2D eigenvalue weighted by Crippen LogP contribution is -2.67. The standard InChI is InChI=1S/C24H33NO3Si/c1-23(2,3)29(20-13-9-7-10-14-20,21-15-11-8-12-16-21)27-18-19-17-24(4,25(5)6)22(26)28-19/h7-16,19H,17-18H2,1-6H3/t19-,24+/m0/s1. The number of nitrogens with zero attached hydrogens (tertiary/aromatic N) is 1. The van der Waals surface area contributed by atoms with Gasteiger partial charge in [0.15, 0.2) is 0 Å². The fourth-order valence-corrected chi connectivity index (χ4v) is 8.88. The zero-order chi connectivity index (χ0) is 21.3. The predicted octanol–water partition coefficient (Wildman–Crippen LogP) is 3.20. The lowest BCUT2D eigenvalue weighted by Gasteiger charge is -2.43. The Balaban J connectivity index is 1.98. The van der Waals surface area contributed by atoms with Crippen LogP contribution in [-0.2, 0) is 14.0 Å². The highest BCUT2D eigenvalue weighted by atomic mass is 28.4. The quantitative estimate of drug-likeness (QED) is 0.541. The van der Waals surface area contributed by atoms with E-state index in [9.17, 15) is 4.79 Å². The number of likely N-dealkylation sites (N-methyl/N-ethyl adjacent to an activating group) is 1. The number of ether oxygens (including phenoxy) is 1. The lowest BCUT2D eigenvalue weighted by molar-refractivity contribution is -0.149. The fourth-order valence-electron chi connectivity index (χ4n) is 4.28. The Hall–Kier alpha value is -1.95. The summed E-state index contributed by atoms with van der Waals surface area (Å²) in [6.45, 7) is 9.11. The molecule has 1 aliphatic rings. The summed E-state index contributed by atoms with van der Waals surface area (Å²) < 4.78 is 12.6. The van der Waals surface area contributed by atoms with Crippen LogP contribution in [0.3, 0.4) is 0 Å². The van der Waals surface area contributed by atoms with Crippen molar-refractivity contribution in [1.29, 1.82) is 0 Å². The van der Waals surface area contributed by atoms with Gasteiger partial charge in [-0.05, 0) is 36.4 Å². The molecule has 2 aromatic rings. The maximum absolute atomic E-state index is 12.5. The second-order valence-electron chi connectivity index (χ2n) is 9.37. The van der Waals surface area contributed by atoms with E-state index in [1.54, 1.807) is 0 Å². The molecule has 29 heavy (non-hydrogen) atoms. The van der Waals surface area contributed by atoms with Crippen molar-refractivity contribution in [2.24, 2.45) is 0 Å². The fraction of sp³-hybridized carbons (Fsp3) is 0.458. The van der Waals surface area contributed by atoms with Crippen molar-refractivity contribution in [3.05, 3.63) is 60.7 Å². The molecule has 1 heterocycles. The van der Waals surface area contributed by atoms with Gasteiger partial charge in [0.05, 0.1) is 6.61 Å². The molecule has 0 aliphatic carbocycles. The van der Waals surface area contributed by atoms with Gasteiger partial charge in [0, 0.05) is 6.42 Å². The molecule has 0 aromatic heterocycles. The Labute approximate surface area is 176 Å². The minimum Gasteiger partial charge on any atom is -0.459 e.